The van der Waals surface area contributed by atoms with Crippen molar-refractivity contribution in [3.8, 4) is 0 Å². The molecule has 0 aromatic carbocycles. The van der Waals surface area contributed by atoms with Gasteiger partial charge >= 0.3 is 0 Å². The summed E-state index contributed by atoms with van der Waals surface area (Å²) in [6.45, 7) is 4.30. The van der Waals surface area contributed by atoms with Gasteiger partial charge in [-0.1, -0.05) is 0 Å². The Labute approximate surface area is 100.0 Å². The van der Waals surface area contributed by atoms with E-state index in [9.17, 15) is 9.59 Å². The summed E-state index contributed by atoms with van der Waals surface area (Å²) in [6, 6.07) is 1.32. The Morgan fingerprint density at radius 2 is 2.18 bits per heavy atom. The highest BCUT2D eigenvalue weighted by Gasteiger charge is 2.15. The second-order valence-corrected chi connectivity index (χ2v) is 3.99. The Morgan fingerprint density at radius 1 is 1.53 bits per heavy atom. The van der Waals surface area contributed by atoms with E-state index in [1.54, 1.807) is 23.8 Å². The average molecular weight is 238 g/mol. The highest BCUT2D eigenvalue weighted by molar-refractivity contribution is 5.94. The zero-order valence-electron chi connectivity index (χ0n) is 10.1. The van der Waals surface area contributed by atoms with E-state index in [0.29, 0.717) is 17.9 Å². The van der Waals surface area contributed by atoms with Gasteiger partial charge in [0.2, 0.25) is 5.91 Å². The second-order valence-electron chi connectivity index (χ2n) is 3.99. The van der Waals surface area contributed by atoms with Crippen molar-refractivity contribution in [3.05, 3.63) is 18.0 Å². The van der Waals surface area contributed by atoms with Crippen LogP contribution >= 0.6 is 0 Å². The van der Waals surface area contributed by atoms with E-state index in [-0.39, 0.29) is 18.4 Å². The number of anilines is 1. The van der Waals surface area contributed by atoms with Crippen LogP contribution in [0.3, 0.4) is 0 Å². The zero-order valence-corrected chi connectivity index (χ0v) is 10.1. The lowest BCUT2D eigenvalue weighted by atomic mass is 10.2. The molecule has 6 heteroatoms. The van der Waals surface area contributed by atoms with E-state index in [2.05, 4.69) is 5.32 Å². The number of primary amides is 1. The first-order chi connectivity index (χ1) is 7.93. The molecule has 1 unspecified atom stereocenters. The largest absolute Gasteiger partial charge is 0.397 e. The Balaban J connectivity index is 2.72. The molecule has 5 N–H and O–H groups in total. The van der Waals surface area contributed by atoms with Crippen molar-refractivity contribution in [2.24, 2.45) is 5.73 Å². The van der Waals surface area contributed by atoms with E-state index in [0.717, 1.165) is 0 Å². The van der Waals surface area contributed by atoms with Crippen molar-refractivity contribution in [1.82, 2.24) is 9.88 Å². The number of hydrogen-bond donors (Lipinski definition) is 3. The summed E-state index contributed by atoms with van der Waals surface area (Å²) in [5.74, 6) is -0.694. The number of nitrogen functional groups attached to an aromatic ring is 1. The first kappa shape index (κ1) is 13.1. The fourth-order valence-corrected chi connectivity index (χ4v) is 1.64. The van der Waals surface area contributed by atoms with Crippen molar-refractivity contribution in [2.45, 2.75) is 32.9 Å². The van der Waals surface area contributed by atoms with Crippen molar-refractivity contribution in [3.63, 3.8) is 0 Å². The predicted octanol–water partition coefficient (Wildman–Crippen LogP) is 0.0839. The number of aromatic nitrogens is 1. The third-order valence-electron chi connectivity index (χ3n) is 2.38. The van der Waals surface area contributed by atoms with Crippen molar-refractivity contribution < 1.29 is 9.59 Å². The molecule has 1 aromatic heterocycles. The number of hydrogen-bond acceptors (Lipinski definition) is 3. The van der Waals surface area contributed by atoms with Crippen LogP contribution in [-0.2, 0) is 11.3 Å². The number of aryl methyl sites for hydroxylation is 1. The maximum absolute atomic E-state index is 11.9. The lowest BCUT2D eigenvalue weighted by Crippen LogP contribution is -2.36. The average Bonchev–Trinajstić information content (AvgIpc) is 2.58. The molecule has 0 fully saturated rings. The van der Waals surface area contributed by atoms with Crippen LogP contribution in [0.15, 0.2) is 12.3 Å². The molecular weight excluding hydrogens is 220 g/mol. The zero-order chi connectivity index (χ0) is 13.0. The van der Waals surface area contributed by atoms with Gasteiger partial charge in [-0.15, -0.1) is 0 Å². The third-order valence-corrected chi connectivity index (χ3v) is 2.38. The van der Waals surface area contributed by atoms with Gasteiger partial charge in [0.1, 0.15) is 5.69 Å². The van der Waals surface area contributed by atoms with Crippen LogP contribution in [0.4, 0.5) is 5.69 Å². The Kier molecular flexibility index (Phi) is 4.14. The number of rotatable bonds is 5. The highest BCUT2D eigenvalue weighted by Crippen LogP contribution is 2.10. The van der Waals surface area contributed by atoms with Gasteiger partial charge in [0, 0.05) is 25.2 Å². The topological polar surface area (TPSA) is 103 Å². The van der Waals surface area contributed by atoms with Gasteiger partial charge in [-0.05, 0) is 19.9 Å². The van der Waals surface area contributed by atoms with Gasteiger partial charge in [0.15, 0.2) is 0 Å². The van der Waals surface area contributed by atoms with E-state index >= 15 is 0 Å². The molecule has 1 heterocycles. The van der Waals surface area contributed by atoms with Crippen molar-refractivity contribution in [2.75, 3.05) is 5.73 Å². The molecule has 1 rings (SSSR count). The van der Waals surface area contributed by atoms with Crippen LogP contribution in [0.5, 0.6) is 0 Å². The first-order valence-electron chi connectivity index (χ1n) is 5.48. The van der Waals surface area contributed by atoms with Gasteiger partial charge in [0.25, 0.3) is 5.91 Å². The molecule has 2 amide bonds. The Bertz CT molecular complexity index is 425. The second kappa shape index (κ2) is 5.38. The minimum absolute atomic E-state index is 0.119. The Hall–Kier alpha value is -1.98. The highest BCUT2D eigenvalue weighted by atomic mass is 16.2. The molecular formula is C11H18N4O2. The third kappa shape index (κ3) is 3.51. The van der Waals surface area contributed by atoms with Crippen LogP contribution in [-0.4, -0.2) is 22.4 Å². The van der Waals surface area contributed by atoms with E-state index in [4.69, 9.17) is 11.5 Å². The molecule has 0 aliphatic heterocycles. The lowest BCUT2D eigenvalue weighted by molar-refractivity contribution is -0.118. The van der Waals surface area contributed by atoms with Crippen molar-refractivity contribution >= 4 is 17.5 Å². The molecule has 1 aromatic rings. The SMILES string of the molecule is CCn1cc(N)cc1C(=O)NC(C)CC(N)=O. The molecule has 0 bridgehead atoms. The smallest absolute Gasteiger partial charge is 0.268 e. The summed E-state index contributed by atoms with van der Waals surface area (Å²) in [5, 5.41) is 2.70. The number of nitrogens with two attached hydrogens (primary N) is 2. The molecule has 6 nitrogen and oxygen atoms in total. The minimum atomic E-state index is -0.441. The molecule has 17 heavy (non-hydrogen) atoms. The molecule has 0 spiro atoms. The number of nitrogens with zero attached hydrogens (tertiary/aromatic N) is 1. The molecule has 0 radical (unpaired) electrons. The van der Waals surface area contributed by atoms with Crippen LogP contribution in [0.25, 0.3) is 0 Å². The summed E-state index contributed by atoms with van der Waals surface area (Å²) in [7, 11) is 0. The monoisotopic (exact) mass is 238 g/mol. The summed E-state index contributed by atoms with van der Waals surface area (Å²) >= 11 is 0. The fourth-order valence-electron chi connectivity index (χ4n) is 1.64. The molecule has 0 aliphatic rings. The normalized spacial score (nSPS) is 12.1. The van der Waals surface area contributed by atoms with Gasteiger partial charge in [0.05, 0.1) is 5.69 Å². The lowest BCUT2D eigenvalue weighted by Gasteiger charge is -2.12. The van der Waals surface area contributed by atoms with Gasteiger partial charge in [-0.25, -0.2) is 0 Å². The molecule has 1 atom stereocenters. The number of carbonyl (C=O) groups excluding carboxylic acids is 2. The van der Waals surface area contributed by atoms with Crippen molar-refractivity contribution in [1.29, 1.82) is 0 Å². The predicted molar refractivity (Wildman–Crippen MR) is 65.3 cm³/mol. The summed E-state index contributed by atoms with van der Waals surface area (Å²) in [6.07, 6.45) is 1.82. The minimum Gasteiger partial charge on any atom is -0.397 e. The van der Waals surface area contributed by atoms with E-state index in [1.807, 2.05) is 6.92 Å². The number of nitrogens with one attached hydrogen (secondary N) is 1. The van der Waals surface area contributed by atoms with Gasteiger partial charge in [-0.2, -0.15) is 0 Å². The standard InChI is InChI=1S/C11H18N4O2/c1-3-15-6-8(12)5-9(15)11(17)14-7(2)4-10(13)16/h5-7H,3-4,12H2,1-2H3,(H2,13,16)(H,14,17). The molecule has 0 saturated heterocycles. The number of carbonyl (C=O) groups is 2. The fraction of sp³-hybridized carbons (Fsp3) is 0.455. The summed E-state index contributed by atoms with van der Waals surface area (Å²) < 4.78 is 1.75. The molecule has 0 saturated carbocycles. The van der Waals surface area contributed by atoms with Crippen LogP contribution in [0, 0.1) is 0 Å². The van der Waals surface area contributed by atoms with Crippen LogP contribution in [0.2, 0.25) is 0 Å². The quantitative estimate of drug-likeness (QED) is 0.677. The van der Waals surface area contributed by atoms with Crippen LogP contribution < -0.4 is 16.8 Å². The summed E-state index contributed by atoms with van der Waals surface area (Å²) in [5.41, 5.74) is 11.7. The number of amides is 2. The molecule has 94 valence electrons. The maximum atomic E-state index is 11.9. The van der Waals surface area contributed by atoms with Crippen LogP contribution in [0.1, 0.15) is 30.8 Å². The maximum Gasteiger partial charge on any atom is 0.268 e. The van der Waals surface area contributed by atoms with E-state index < -0.39 is 5.91 Å². The first-order valence-corrected chi connectivity index (χ1v) is 5.48. The van der Waals surface area contributed by atoms with Gasteiger partial charge < -0.3 is 21.4 Å². The Morgan fingerprint density at radius 3 is 2.71 bits per heavy atom. The summed E-state index contributed by atoms with van der Waals surface area (Å²) in [4.78, 5) is 22.6. The molecule has 0 aliphatic carbocycles. The van der Waals surface area contributed by atoms with E-state index in [1.165, 1.54) is 0 Å². The van der Waals surface area contributed by atoms with Gasteiger partial charge in [-0.3, -0.25) is 9.59 Å².